The number of hydrogen-bond acceptors (Lipinski definition) is 7. The number of H-pyrrole nitrogens is 1. The summed E-state index contributed by atoms with van der Waals surface area (Å²) in [5.41, 5.74) is 4.53. The Balaban J connectivity index is 1.48. The molecule has 4 heterocycles. The van der Waals surface area contributed by atoms with Crippen LogP contribution in [0.5, 0.6) is 0 Å². The minimum Gasteiger partial charge on any atom is -0.290 e. The summed E-state index contributed by atoms with van der Waals surface area (Å²) in [6, 6.07) is 12.0. The molecule has 0 saturated carbocycles. The van der Waals surface area contributed by atoms with Gasteiger partial charge in [0.05, 0.1) is 12.2 Å². The maximum Gasteiger partial charge on any atom is 0.335 e. The number of aromatic amines is 1. The summed E-state index contributed by atoms with van der Waals surface area (Å²) in [4.78, 5) is 22.6. The first-order valence-corrected chi connectivity index (χ1v) is 12.7. The molecule has 0 aliphatic rings. The van der Waals surface area contributed by atoms with Crippen molar-refractivity contribution in [2.75, 3.05) is 0 Å². The molecule has 0 bridgehead atoms. The van der Waals surface area contributed by atoms with Crippen LogP contribution in [0, 0.1) is 0 Å². The van der Waals surface area contributed by atoms with Crippen molar-refractivity contribution in [1.29, 1.82) is 0 Å². The van der Waals surface area contributed by atoms with E-state index in [1.165, 1.54) is 6.33 Å². The number of aryl methyl sites for hydroxylation is 2. The molecule has 0 atom stereocenters. The smallest absolute Gasteiger partial charge is 0.290 e. The summed E-state index contributed by atoms with van der Waals surface area (Å²) in [5, 5.41) is 18.5. The van der Waals surface area contributed by atoms with Crippen molar-refractivity contribution in [3.05, 3.63) is 77.0 Å². The molecule has 5 aromatic rings. The number of unbranched alkanes of at least 4 members (excludes halogenated alkanes) is 2. The Hall–Kier alpha value is -4.41. The van der Waals surface area contributed by atoms with E-state index >= 15 is 0 Å². The van der Waals surface area contributed by atoms with Crippen molar-refractivity contribution in [2.24, 2.45) is 0 Å². The summed E-state index contributed by atoms with van der Waals surface area (Å²) in [6.45, 7) is 5.37. The van der Waals surface area contributed by atoms with Gasteiger partial charge in [-0.25, -0.2) is 19.1 Å². The molecule has 0 unspecified atom stereocenters. The second-order valence-corrected chi connectivity index (χ2v) is 8.97. The maximum atomic E-state index is 13.6. The van der Waals surface area contributed by atoms with Gasteiger partial charge in [-0.1, -0.05) is 44.9 Å². The lowest BCUT2D eigenvalue weighted by Gasteiger charge is -2.09. The SMILES string of the molecule is CCCCc1cn(-c2ncnn2CCCC)c(=O)n1Cc1cc(-c2cccc(-c3nnn[nH]3)c2)ccn1. The zero-order valence-electron chi connectivity index (χ0n) is 21.1. The topological polar surface area (TPSA) is 125 Å². The Labute approximate surface area is 214 Å². The van der Waals surface area contributed by atoms with Crippen molar-refractivity contribution in [3.8, 4) is 28.5 Å². The average molecular weight is 499 g/mol. The van der Waals surface area contributed by atoms with Gasteiger partial charge in [-0.3, -0.25) is 9.55 Å². The van der Waals surface area contributed by atoms with Gasteiger partial charge in [-0.2, -0.15) is 10.1 Å². The molecule has 190 valence electrons. The second-order valence-electron chi connectivity index (χ2n) is 8.97. The Morgan fingerprint density at radius 3 is 2.62 bits per heavy atom. The van der Waals surface area contributed by atoms with Crippen LogP contribution in [0.2, 0.25) is 0 Å². The third-order valence-corrected chi connectivity index (χ3v) is 6.33. The van der Waals surface area contributed by atoms with E-state index in [2.05, 4.69) is 49.5 Å². The molecule has 0 saturated heterocycles. The van der Waals surface area contributed by atoms with Gasteiger partial charge in [-0.15, -0.1) is 5.10 Å². The summed E-state index contributed by atoms with van der Waals surface area (Å²) in [5.74, 6) is 1.16. The van der Waals surface area contributed by atoms with Gasteiger partial charge in [-0.05, 0) is 59.0 Å². The van der Waals surface area contributed by atoms with E-state index in [1.54, 1.807) is 20.0 Å². The first-order valence-electron chi connectivity index (χ1n) is 12.7. The van der Waals surface area contributed by atoms with Crippen LogP contribution in [-0.2, 0) is 19.5 Å². The minimum absolute atomic E-state index is 0.135. The lowest BCUT2D eigenvalue weighted by Crippen LogP contribution is -2.27. The van der Waals surface area contributed by atoms with Gasteiger partial charge in [0.25, 0.3) is 0 Å². The highest BCUT2D eigenvalue weighted by Crippen LogP contribution is 2.24. The van der Waals surface area contributed by atoms with Crippen LogP contribution in [0.4, 0.5) is 0 Å². The summed E-state index contributed by atoms with van der Waals surface area (Å²) < 4.78 is 5.22. The molecule has 0 aliphatic heterocycles. The van der Waals surface area contributed by atoms with Crippen LogP contribution in [0.25, 0.3) is 28.5 Å². The van der Waals surface area contributed by atoms with E-state index in [0.717, 1.165) is 66.7 Å². The molecule has 1 N–H and O–H groups in total. The van der Waals surface area contributed by atoms with Gasteiger partial charge >= 0.3 is 5.69 Å². The van der Waals surface area contributed by atoms with Crippen molar-refractivity contribution in [3.63, 3.8) is 0 Å². The lowest BCUT2D eigenvalue weighted by atomic mass is 10.0. The number of nitrogens with one attached hydrogen (secondary N) is 1. The minimum atomic E-state index is -0.135. The van der Waals surface area contributed by atoms with Gasteiger partial charge < -0.3 is 0 Å². The lowest BCUT2D eigenvalue weighted by molar-refractivity contribution is 0.553. The van der Waals surface area contributed by atoms with E-state index in [4.69, 9.17) is 0 Å². The maximum absolute atomic E-state index is 13.6. The van der Waals surface area contributed by atoms with Crippen molar-refractivity contribution in [2.45, 2.75) is 59.0 Å². The van der Waals surface area contributed by atoms with Crippen LogP contribution in [-0.4, -0.2) is 49.5 Å². The molecule has 4 aromatic heterocycles. The summed E-state index contributed by atoms with van der Waals surface area (Å²) >= 11 is 0. The zero-order chi connectivity index (χ0) is 25.6. The van der Waals surface area contributed by atoms with Crippen molar-refractivity contribution < 1.29 is 0 Å². The molecule has 1 aromatic carbocycles. The molecule has 0 spiro atoms. The first kappa shape index (κ1) is 24.3. The highest BCUT2D eigenvalue weighted by atomic mass is 16.2. The van der Waals surface area contributed by atoms with E-state index < -0.39 is 0 Å². The van der Waals surface area contributed by atoms with E-state index in [0.29, 0.717) is 18.3 Å². The van der Waals surface area contributed by atoms with Gasteiger partial charge in [0.2, 0.25) is 5.95 Å². The van der Waals surface area contributed by atoms with E-state index in [-0.39, 0.29) is 5.69 Å². The van der Waals surface area contributed by atoms with Crippen LogP contribution >= 0.6 is 0 Å². The molecule has 0 fully saturated rings. The predicted molar refractivity (Wildman–Crippen MR) is 139 cm³/mol. The molecular formula is C26H30N10O. The molecule has 5 rings (SSSR count). The molecule has 11 heteroatoms. The number of nitrogens with zero attached hydrogens (tertiary/aromatic N) is 9. The van der Waals surface area contributed by atoms with Crippen LogP contribution in [0.15, 0.2) is 59.9 Å². The molecular weight excluding hydrogens is 468 g/mol. The average Bonchev–Trinajstić information content (AvgIpc) is 3.69. The highest BCUT2D eigenvalue weighted by molar-refractivity contribution is 5.70. The number of imidazole rings is 1. The fraction of sp³-hybridized carbons (Fsp3) is 0.346. The molecule has 11 nitrogen and oxygen atoms in total. The Morgan fingerprint density at radius 1 is 0.973 bits per heavy atom. The molecule has 37 heavy (non-hydrogen) atoms. The van der Waals surface area contributed by atoms with E-state index in [1.807, 2.05) is 42.6 Å². The number of tetrazole rings is 1. The summed E-state index contributed by atoms with van der Waals surface area (Å²) in [6.07, 6.45) is 10.0. The normalized spacial score (nSPS) is 11.3. The number of benzene rings is 1. The molecule has 0 amide bonds. The fourth-order valence-electron chi connectivity index (χ4n) is 4.34. The quantitative estimate of drug-likeness (QED) is 0.295. The molecule has 0 radical (unpaired) electrons. The first-order chi connectivity index (χ1) is 18.2. The number of rotatable bonds is 11. The fourth-order valence-corrected chi connectivity index (χ4v) is 4.34. The van der Waals surface area contributed by atoms with Gasteiger partial charge in [0.1, 0.15) is 6.33 Å². The van der Waals surface area contributed by atoms with Crippen molar-refractivity contribution in [1.82, 2.24) is 49.5 Å². The second kappa shape index (κ2) is 11.1. The molecule has 0 aliphatic carbocycles. The van der Waals surface area contributed by atoms with Crippen LogP contribution < -0.4 is 5.69 Å². The Kier molecular flexibility index (Phi) is 7.29. The predicted octanol–water partition coefficient (Wildman–Crippen LogP) is 3.66. The third-order valence-electron chi connectivity index (χ3n) is 6.33. The summed E-state index contributed by atoms with van der Waals surface area (Å²) in [7, 11) is 0. The standard InChI is InChI=1S/C26H30N10O/c1-3-5-10-23-17-35(25-28-18-29-36(25)13-6-4-2)26(37)34(23)16-22-15-20(11-12-27-22)19-8-7-9-21(14-19)24-30-32-33-31-24/h7-9,11-12,14-15,17-18H,3-6,10,13,16H2,1-2H3,(H,30,31,32,33). The Bertz CT molecular complexity index is 1510. The van der Waals surface area contributed by atoms with Crippen LogP contribution in [0.1, 0.15) is 50.9 Å². The largest absolute Gasteiger partial charge is 0.335 e. The number of hydrogen-bond donors (Lipinski definition) is 1. The highest BCUT2D eigenvalue weighted by Gasteiger charge is 2.17. The van der Waals surface area contributed by atoms with Gasteiger partial charge in [0, 0.05) is 30.2 Å². The third kappa shape index (κ3) is 5.25. The Morgan fingerprint density at radius 2 is 1.81 bits per heavy atom. The zero-order valence-corrected chi connectivity index (χ0v) is 21.1. The number of aromatic nitrogens is 10. The monoisotopic (exact) mass is 498 g/mol. The van der Waals surface area contributed by atoms with Gasteiger partial charge in [0.15, 0.2) is 5.82 Å². The van der Waals surface area contributed by atoms with Crippen molar-refractivity contribution >= 4 is 0 Å². The number of pyridine rings is 1. The van der Waals surface area contributed by atoms with Crippen LogP contribution in [0.3, 0.4) is 0 Å². The van der Waals surface area contributed by atoms with E-state index in [9.17, 15) is 4.79 Å².